The molecule has 0 spiro atoms. The van der Waals surface area contributed by atoms with Crippen LogP contribution in [-0.4, -0.2) is 24.6 Å². The second-order valence-electron chi connectivity index (χ2n) is 9.37. The molecule has 0 aromatic rings. The molecule has 1 unspecified atom stereocenters. The van der Waals surface area contributed by atoms with Gasteiger partial charge in [-0.25, -0.2) is 0 Å². The van der Waals surface area contributed by atoms with Gasteiger partial charge in [-0.15, -0.1) is 0 Å². The van der Waals surface area contributed by atoms with Gasteiger partial charge in [0.25, 0.3) is 0 Å². The third-order valence-corrected chi connectivity index (χ3v) is 6.08. The Morgan fingerprint density at radius 3 is 1.77 bits per heavy atom. The first-order valence-electron chi connectivity index (χ1n) is 10.7. The van der Waals surface area contributed by atoms with E-state index in [0.717, 1.165) is 51.4 Å². The summed E-state index contributed by atoms with van der Waals surface area (Å²) in [5.74, 6) is 0.160. The minimum Gasteiger partial charge on any atom is -0.465 e. The van der Waals surface area contributed by atoms with Crippen molar-refractivity contribution in [3.63, 3.8) is 0 Å². The Labute approximate surface area is 159 Å². The molecule has 0 aromatic heterocycles. The minimum atomic E-state index is -0.386. The Balaban J connectivity index is 1.90. The maximum Gasteiger partial charge on any atom is 0.309 e. The molecule has 0 saturated heterocycles. The van der Waals surface area contributed by atoms with E-state index in [2.05, 4.69) is 13.8 Å². The number of esters is 2. The highest BCUT2D eigenvalue weighted by molar-refractivity contribution is 5.73. The molecule has 2 fully saturated rings. The average Bonchev–Trinajstić information content (AvgIpc) is 2.65. The number of ether oxygens (including phenoxy) is 2. The fraction of sp³-hybridized carbons (Fsp3) is 0.909. The van der Waals surface area contributed by atoms with Crippen LogP contribution in [0.2, 0.25) is 0 Å². The Bertz CT molecular complexity index is 457. The van der Waals surface area contributed by atoms with Crippen molar-refractivity contribution in [2.45, 2.75) is 98.0 Å². The van der Waals surface area contributed by atoms with E-state index < -0.39 is 0 Å². The van der Waals surface area contributed by atoms with Crippen LogP contribution in [0.4, 0.5) is 0 Å². The first kappa shape index (κ1) is 21.2. The van der Waals surface area contributed by atoms with Gasteiger partial charge in [0.1, 0.15) is 6.10 Å². The summed E-state index contributed by atoms with van der Waals surface area (Å²) in [5.41, 5.74) is -0.386. The van der Waals surface area contributed by atoms with Crippen molar-refractivity contribution in [1.29, 1.82) is 0 Å². The van der Waals surface area contributed by atoms with Crippen molar-refractivity contribution in [1.82, 2.24) is 0 Å². The van der Waals surface area contributed by atoms with Gasteiger partial charge in [-0.3, -0.25) is 9.59 Å². The lowest BCUT2D eigenvalue weighted by Gasteiger charge is -2.37. The monoisotopic (exact) mass is 366 g/mol. The molecule has 2 aliphatic carbocycles. The van der Waals surface area contributed by atoms with Gasteiger partial charge in [0.05, 0.1) is 18.4 Å². The van der Waals surface area contributed by atoms with Gasteiger partial charge in [-0.1, -0.05) is 66.2 Å². The van der Waals surface area contributed by atoms with Gasteiger partial charge < -0.3 is 9.47 Å². The summed E-state index contributed by atoms with van der Waals surface area (Å²) in [6, 6.07) is 0. The molecule has 150 valence electrons. The molecule has 4 heteroatoms. The van der Waals surface area contributed by atoms with Crippen LogP contribution in [0, 0.1) is 23.2 Å². The Morgan fingerprint density at radius 1 is 0.846 bits per heavy atom. The summed E-state index contributed by atoms with van der Waals surface area (Å²) in [6.45, 7) is 8.54. The number of carbonyl (C=O) groups excluding carboxylic acids is 2. The normalized spacial score (nSPS) is 21.4. The first-order chi connectivity index (χ1) is 12.3. The number of hydrogen-bond acceptors (Lipinski definition) is 4. The molecule has 4 nitrogen and oxygen atoms in total. The van der Waals surface area contributed by atoms with Crippen molar-refractivity contribution in [2.75, 3.05) is 6.61 Å². The predicted molar refractivity (Wildman–Crippen MR) is 103 cm³/mol. The summed E-state index contributed by atoms with van der Waals surface area (Å²) >= 11 is 0. The SMILES string of the molecule is CC(C)C(OC(=O)C1CCCCC1)C(C)(C)COC(=O)C1CCCCC1. The lowest BCUT2D eigenvalue weighted by atomic mass is 9.80. The van der Waals surface area contributed by atoms with E-state index in [1.54, 1.807) is 0 Å². The molecule has 1 atom stereocenters. The largest absolute Gasteiger partial charge is 0.465 e. The van der Waals surface area contributed by atoms with Crippen LogP contribution in [0.5, 0.6) is 0 Å². The molecule has 0 heterocycles. The van der Waals surface area contributed by atoms with Crippen molar-refractivity contribution in [2.24, 2.45) is 23.2 Å². The predicted octanol–water partition coefficient (Wildman–Crippen LogP) is 5.28. The van der Waals surface area contributed by atoms with Crippen LogP contribution in [0.3, 0.4) is 0 Å². The van der Waals surface area contributed by atoms with E-state index >= 15 is 0 Å². The number of rotatable bonds is 7. The zero-order chi connectivity index (χ0) is 19.2. The van der Waals surface area contributed by atoms with Crippen molar-refractivity contribution in [3.05, 3.63) is 0 Å². The average molecular weight is 367 g/mol. The van der Waals surface area contributed by atoms with E-state index in [1.165, 1.54) is 12.8 Å². The Hall–Kier alpha value is -1.06. The molecule has 0 aliphatic heterocycles. The molecule has 2 saturated carbocycles. The minimum absolute atomic E-state index is 0.0468. The molecule has 0 aromatic carbocycles. The van der Waals surface area contributed by atoms with E-state index in [4.69, 9.17) is 9.47 Å². The van der Waals surface area contributed by atoms with Gasteiger partial charge in [-0.2, -0.15) is 0 Å². The quantitative estimate of drug-likeness (QED) is 0.575. The molecule has 0 bridgehead atoms. The Morgan fingerprint density at radius 2 is 1.31 bits per heavy atom. The molecule has 2 rings (SSSR count). The fourth-order valence-corrected chi connectivity index (χ4v) is 4.55. The standard InChI is InChI=1S/C22H38O4/c1-16(2)19(26-21(24)18-13-9-6-10-14-18)22(3,4)15-25-20(23)17-11-7-5-8-12-17/h16-19H,5-15H2,1-4H3. The van der Waals surface area contributed by atoms with Crippen molar-refractivity contribution in [3.8, 4) is 0 Å². The zero-order valence-corrected chi connectivity index (χ0v) is 17.2. The lowest BCUT2D eigenvalue weighted by Crippen LogP contribution is -2.43. The highest BCUT2D eigenvalue weighted by Crippen LogP contribution is 2.33. The van der Waals surface area contributed by atoms with Gasteiger partial charge in [-0.05, 0) is 31.6 Å². The van der Waals surface area contributed by atoms with E-state index in [9.17, 15) is 9.59 Å². The lowest BCUT2D eigenvalue weighted by molar-refractivity contribution is -0.171. The van der Waals surface area contributed by atoms with Gasteiger partial charge in [0, 0.05) is 5.41 Å². The van der Waals surface area contributed by atoms with Crippen LogP contribution in [0.25, 0.3) is 0 Å². The molecular weight excluding hydrogens is 328 g/mol. The summed E-state index contributed by atoms with van der Waals surface area (Å²) in [4.78, 5) is 25.0. The van der Waals surface area contributed by atoms with Crippen molar-refractivity contribution >= 4 is 11.9 Å². The summed E-state index contributed by atoms with van der Waals surface area (Å²) in [6.07, 6.45) is 10.5. The summed E-state index contributed by atoms with van der Waals surface area (Å²) in [5, 5.41) is 0. The molecule has 0 radical (unpaired) electrons. The van der Waals surface area contributed by atoms with E-state index in [-0.39, 0.29) is 41.2 Å². The second-order valence-corrected chi connectivity index (χ2v) is 9.37. The van der Waals surface area contributed by atoms with Crippen LogP contribution in [-0.2, 0) is 19.1 Å². The van der Waals surface area contributed by atoms with E-state index in [1.807, 2.05) is 13.8 Å². The topological polar surface area (TPSA) is 52.6 Å². The second kappa shape index (κ2) is 9.75. The molecule has 0 amide bonds. The van der Waals surface area contributed by atoms with Gasteiger partial charge in [0.15, 0.2) is 0 Å². The molecule has 0 N–H and O–H groups in total. The highest BCUT2D eigenvalue weighted by Gasteiger charge is 2.38. The highest BCUT2D eigenvalue weighted by atomic mass is 16.6. The molecule has 26 heavy (non-hydrogen) atoms. The number of carbonyl (C=O) groups is 2. The van der Waals surface area contributed by atoms with Crippen LogP contribution < -0.4 is 0 Å². The van der Waals surface area contributed by atoms with Crippen molar-refractivity contribution < 1.29 is 19.1 Å². The smallest absolute Gasteiger partial charge is 0.309 e. The zero-order valence-electron chi connectivity index (χ0n) is 17.2. The fourth-order valence-electron chi connectivity index (χ4n) is 4.55. The van der Waals surface area contributed by atoms with Gasteiger partial charge in [0.2, 0.25) is 0 Å². The van der Waals surface area contributed by atoms with Crippen LogP contribution >= 0.6 is 0 Å². The summed E-state index contributed by atoms with van der Waals surface area (Å²) < 4.78 is 11.6. The first-order valence-corrected chi connectivity index (χ1v) is 10.7. The van der Waals surface area contributed by atoms with Gasteiger partial charge >= 0.3 is 11.9 Å². The maximum atomic E-state index is 12.6. The third-order valence-electron chi connectivity index (χ3n) is 6.08. The summed E-state index contributed by atoms with van der Waals surface area (Å²) in [7, 11) is 0. The third kappa shape index (κ3) is 5.99. The van der Waals surface area contributed by atoms with Crippen LogP contribution in [0.15, 0.2) is 0 Å². The van der Waals surface area contributed by atoms with E-state index in [0.29, 0.717) is 6.61 Å². The number of hydrogen-bond donors (Lipinski definition) is 0. The molecular formula is C22H38O4. The maximum absolute atomic E-state index is 12.6. The Kier molecular flexibility index (Phi) is 7.97. The van der Waals surface area contributed by atoms with Crippen LogP contribution in [0.1, 0.15) is 91.9 Å². The molecule has 2 aliphatic rings.